The molecule has 2 rings (SSSR count). The Bertz CT molecular complexity index is 247. The molecular weight excluding hydrogens is 218 g/mol. The second-order valence-electron chi connectivity index (χ2n) is 3.53. The van der Waals surface area contributed by atoms with Crippen molar-refractivity contribution >= 4 is 23.7 Å². The number of aromatic nitrogens is 1. The lowest BCUT2D eigenvalue weighted by molar-refractivity contribution is 0.251. The SMILES string of the molecule is CN(Cc1cncs1)[C@H]1CCNC1.Cl. The van der Waals surface area contributed by atoms with E-state index in [2.05, 4.69) is 22.2 Å². The molecule has 0 radical (unpaired) electrons. The van der Waals surface area contributed by atoms with Crippen LogP contribution < -0.4 is 5.32 Å². The number of halogens is 1. The van der Waals surface area contributed by atoms with Crippen LogP contribution >= 0.6 is 23.7 Å². The summed E-state index contributed by atoms with van der Waals surface area (Å²) in [6.07, 6.45) is 3.23. The number of rotatable bonds is 3. The second-order valence-corrected chi connectivity index (χ2v) is 4.50. The molecule has 1 aromatic heterocycles. The van der Waals surface area contributed by atoms with Crippen molar-refractivity contribution in [1.29, 1.82) is 0 Å². The van der Waals surface area contributed by atoms with Gasteiger partial charge in [0.2, 0.25) is 0 Å². The van der Waals surface area contributed by atoms with Crippen LogP contribution in [-0.2, 0) is 6.54 Å². The Balaban J connectivity index is 0.000000980. The highest BCUT2D eigenvalue weighted by Gasteiger charge is 2.19. The van der Waals surface area contributed by atoms with Gasteiger partial charge in [-0.25, -0.2) is 0 Å². The van der Waals surface area contributed by atoms with E-state index in [1.165, 1.54) is 11.3 Å². The third-order valence-electron chi connectivity index (χ3n) is 2.55. The highest BCUT2D eigenvalue weighted by Crippen LogP contribution is 2.13. The molecule has 0 amide bonds. The molecule has 80 valence electrons. The Morgan fingerprint density at radius 2 is 2.57 bits per heavy atom. The molecular formula is C9H16ClN3S. The van der Waals surface area contributed by atoms with E-state index in [1.54, 1.807) is 11.3 Å². The summed E-state index contributed by atoms with van der Waals surface area (Å²) >= 11 is 1.74. The first kappa shape index (κ1) is 11.9. The zero-order valence-corrected chi connectivity index (χ0v) is 9.90. The molecule has 2 heterocycles. The van der Waals surface area contributed by atoms with Gasteiger partial charge in [-0.1, -0.05) is 0 Å². The average molecular weight is 234 g/mol. The third kappa shape index (κ3) is 2.92. The molecule has 0 unspecified atom stereocenters. The molecule has 1 aromatic rings. The molecule has 5 heteroatoms. The lowest BCUT2D eigenvalue weighted by Gasteiger charge is -2.22. The van der Waals surface area contributed by atoms with Crippen molar-refractivity contribution in [2.45, 2.75) is 19.0 Å². The quantitative estimate of drug-likeness (QED) is 0.855. The van der Waals surface area contributed by atoms with Crippen LogP contribution in [0.15, 0.2) is 11.7 Å². The lowest BCUT2D eigenvalue weighted by atomic mass is 10.2. The van der Waals surface area contributed by atoms with Crippen LogP contribution in [0.25, 0.3) is 0 Å². The minimum atomic E-state index is 0. The molecule has 0 spiro atoms. The van der Waals surface area contributed by atoms with Gasteiger partial charge >= 0.3 is 0 Å². The van der Waals surface area contributed by atoms with E-state index in [0.717, 1.165) is 19.6 Å². The molecule has 1 fully saturated rings. The maximum absolute atomic E-state index is 4.08. The van der Waals surface area contributed by atoms with Gasteiger partial charge in [-0.15, -0.1) is 23.7 Å². The van der Waals surface area contributed by atoms with Crippen molar-refractivity contribution in [2.75, 3.05) is 20.1 Å². The van der Waals surface area contributed by atoms with Gasteiger partial charge < -0.3 is 5.32 Å². The van der Waals surface area contributed by atoms with E-state index in [9.17, 15) is 0 Å². The normalized spacial score (nSPS) is 21.1. The van der Waals surface area contributed by atoms with Crippen LogP contribution in [0.1, 0.15) is 11.3 Å². The molecule has 1 atom stereocenters. The monoisotopic (exact) mass is 233 g/mol. The molecule has 0 aromatic carbocycles. The van der Waals surface area contributed by atoms with E-state index in [0.29, 0.717) is 6.04 Å². The topological polar surface area (TPSA) is 28.2 Å². The van der Waals surface area contributed by atoms with Gasteiger partial charge in [-0.2, -0.15) is 0 Å². The summed E-state index contributed by atoms with van der Waals surface area (Å²) in [6, 6.07) is 0.710. The molecule has 1 N–H and O–H groups in total. The molecule has 0 bridgehead atoms. The molecule has 1 aliphatic rings. The molecule has 3 nitrogen and oxygen atoms in total. The number of likely N-dealkylation sites (N-methyl/N-ethyl adjacent to an activating group) is 1. The van der Waals surface area contributed by atoms with Crippen molar-refractivity contribution < 1.29 is 0 Å². The molecule has 0 saturated carbocycles. The Morgan fingerprint density at radius 3 is 3.14 bits per heavy atom. The van der Waals surface area contributed by atoms with Gasteiger partial charge in [0.1, 0.15) is 0 Å². The summed E-state index contributed by atoms with van der Waals surface area (Å²) in [6.45, 7) is 3.34. The van der Waals surface area contributed by atoms with Gasteiger partial charge in [0.05, 0.1) is 5.51 Å². The molecule has 14 heavy (non-hydrogen) atoms. The molecule has 0 aliphatic carbocycles. The smallest absolute Gasteiger partial charge is 0.0794 e. The minimum absolute atomic E-state index is 0. The summed E-state index contributed by atoms with van der Waals surface area (Å²) in [5.41, 5.74) is 1.90. The van der Waals surface area contributed by atoms with Gasteiger partial charge in [-0.3, -0.25) is 9.88 Å². The van der Waals surface area contributed by atoms with Crippen molar-refractivity contribution in [3.8, 4) is 0 Å². The average Bonchev–Trinajstić information content (AvgIpc) is 2.74. The second kappa shape index (κ2) is 5.66. The zero-order valence-electron chi connectivity index (χ0n) is 8.27. The van der Waals surface area contributed by atoms with Crippen molar-refractivity contribution in [3.05, 3.63) is 16.6 Å². The van der Waals surface area contributed by atoms with Crippen LogP contribution in [0.2, 0.25) is 0 Å². The first-order valence-corrected chi connectivity index (χ1v) is 5.52. The fraction of sp³-hybridized carbons (Fsp3) is 0.667. The Kier molecular flexibility index (Phi) is 4.81. The van der Waals surface area contributed by atoms with Crippen molar-refractivity contribution in [3.63, 3.8) is 0 Å². The van der Waals surface area contributed by atoms with E-state index >= 15 is 0 Å². The first-order chi connectivity index (χ1) is 6.36. The van der Waals surface area contributed by atoms with Crippen LogP contribution in [-0.4, -0.2) is 36.1 Å². The van der Waals surface area contributed by atoms with E-state index < -0.39 is 0 Å². The summed E-state index contributed by atoms with van der Waals surface area (Å²) < 4.78 is 0. The molecule has 1 aliphatic heterocycles. The van der Waals surface area contributed by atoms with Gasteiger partial charge in [0.25, 0.3) is 0 Å². The van der Waals surface area contributed by atoms with Crippen molar-refractivity contribution in [2.24, 2.45) is 0 Å². The fourth-order valence-corrected chi connectivity index (χ4v) is 2.37. The van der Waals surface area contributed by atoms with Crippen LogP contribution in [0.5, 0.6) is 0 Å². The molecule has 1 saturated heterocycles. The largest absolute Gasteiger partial charge is 0.315 e. The van der Waals surface area contributed by atoms with Crippen LogP contribution in [0.4, 0.5) is 0 Å². The summed E-state index contributed by atoms with van der Waals surface area (Å²) in [5.74, 6) is 0. The number of thiazole rings is 1. The predicted molar refractivity (Wildman–Crippen MR) is 62.1 cm³/mol. The standard InChI is InChI=1S/C9H15N3S.ClH/c1-12(8-2-3-10-4-8)6-9-5-11-7-13-9;/h5,7-8,10H,2-4,6H2,1H3;1H/t8-;/m0./s1. The Labute approximate surface area is 94.9 Å². The maximum Gasteiger partial charge on any atom is 0.0794 e. The highest BCUT2D eigenvalue weighted by molar-refractivity contribution is 7.09. The predicted octanol–water partition coefficient (Wildman–Crippen LogP) is 1.36. The highest BCUT2D eigenvalue weighted by atomic mass is 35.5. The van der Waals surface area contributed by atoms with Gasteiger partial charge in [-0.05, 0) is 20.0 Å². The van der Waals surface area contributed by atoms with Crippen molar-refractivity contribution in [1.82, 2.24) is 15.2 Å². The lowest BCUT2D eigenvalue weighted by Crippen LogP contribution is -2.32. The summed E-state index contributed by atoms with van der Waals surface area (Å²) in [4.78, 5) is 7.84. The van der Waals surface area contributed by atoms with E-state index in [1.807, 2.05) is 11.7 Å². The van der Waals surface area contributed by atoms with E-state index in [-0.39, 0.29) is 12.4 Å². The van der Waals surface area contributed by atoms with Gasteiger partial charge in [0.15, 0.2) is 0 Å². The summed E-state index contributed by atoms with van der Waals surface area (Å²) in [5, 5.41) is 3.38. The number of hydrogen-bond donors (Lipinski definition) is 1. The number of nitrogens with one attached hydrogen (secondary N) is 1. The Morgan fingerprint density at radius 1 is 1.71 bits per heavy atom. The maximum atomic E-state index is 4.08. The zero-order chi connectivity index (χ0) is 9.10. The summed E-state index contributed by atoms with van der Waals surface area (Å²) in [7, 11) is 2.19. The Hall–Kier alpha value is -0.160. The number of nitrogens with zero attached hydrogens (tertiary/aromatic N) is 2. The minimum Gasteiger partial charge on any atom is -0.315 e. The van der Waals surface area contributed by atoms with Crippen LogP contribution in [0, 0.1) is 0 Å². The number of hydrogen-bond acceptors (Lipinski definition) is 4. The van der Waals surface area contributed by atoms with Gasteiger partial charge in [0, 0.05) is 30.2 Å². The van der Waals surface area contributed by atoms with Crippen LogP contribution in [0.3, 0.4) is 0 Å². The third-order valence-corrected chi connectivity index (χ3v) is 3.31. The van der Waals surface area contributed by atoms with E-state index in [4.69, 9.17) is 0 Å². The fourth-order valence-electron chi connectivity index (χ4n) is 1.71. The first-order valence-electron chi connectivity index (χ1n) is 4.64.